The number of nitrogens with one attached hydrogen (secondary N) is 1. The van der Waals surface area contributed by atoms with Crippen LogP contribution in [-0.4, -0.2) is 55.3 Å². The zero-order valence-electron chi connectivity index (χ0n) is 13.7. The highest BCUT2D eigenvalue weighted by atomic mass is 32.2. The summed E-state index contributed by atoms with van der Waals surface area (Å²) in [6.45, 7) is 2.61. The normalized spacial score (nSPS) is 37.1. The highest BCUT2D eigenvalue weighted by molar-refractivity contribution is 7.91. The van der Waals surface area contributed by atoms with Crippen molar-refractivity contribution < 1.29 is 18.0 Å². The lowest BCUT2D eigenvalue weighted by molar-refractivity contribution is -0.130. The minimum atomic E-state index is -3.02. The van der Waals surface area contributed by atoms with E-state index in [1.165, 1.54) is 0 Å². The number of likely N-dealkylation sites (tertiary alicyclic amines) is 1. The minimum absolute atomic E-state index is 0.0405. The molecule has 0 aromatic carbocycles. The second-order valence-corrected chi connectivity index (χ2v) is 9.70. The summed E-state index contributed by atoms with van der Waals surface area (Å²) in [4.78, 5) is 26.2. The van der Waals surface area contributed by atoms with E-state index in [4.69, 9.17) is 0 Å². The molecule has 6 nitrogen and oxygen atoms in total. The van der Waals surface area contributed by atoms with Gasteiger partial charge in [0.15, 0.2) is 9.84 Å². The molecule has 2 aliphatic heterocycles. The Hall–Kier alpha value is -1.11. The van der Waals surface area contributed by atoms with E-state index in [-0.39, 0.29) is 47.7 Å². The van der Waals surface area contributed by atoms with E-state index in [9.17, 15) is 18.0 Å². The standard InChI is InChI=1S/C16H26N2O4S/c1-11-2-4-13(5-3-11)17-16(20)12-8-15(19)18(9-12)14-6-7-23(21,22)10-14/h11-14H,2-10H2,1H3,(H,17,20)/t11?,12-,13?,14-/m0/s1. The van der Waals surface area contributed by atoms with Crippen molar-refractivity contribution in [2.45, 2.75) is 57.5 Å². The van der Waals surface area contributed by atoms with Crippen molar-refractivity contribution in [3.63, 3.8) is 0 Å². The summed E-state index contributed by atoms with van der Waals surface area (Å²) in [5.41, 5.74) is 0. The summed E-state index contributed by atoms with van der Waals surface area (Å²) < 4.78 is 23.2. The molecule has 23 heavy (non-hydrogen) atoms. The number of nitrogens with zero attached hydrogens (tertiary/aromatic N) is 1. The maximum absolute atomic E-state index is 12.4. The Morgan fingerprint density at radius 2 is 1.87 bits per heavy atom. The van der Waals surface area contributed by atoms with Gasteiger partial charge in [0.25, 0.3) is 0 Å². The Kier molecular flexibility index (Phi) is 4.67. The summed E-state index contributed by atoms with van der Waals surface area (Å²) in [6.07, 6.45) is 5.02. The van der Waals surface area contributed by atoms with Crippen molar-refractivity contribution in [2.75, 3.05) is 18.1 Å². The van der Waals surface area contributed by atoms with Gasteiger partial charge >= 0.3 is 0 Å². The van der Waals surface area contributed by atoms with Gasteiger partial charge < -0.3 is 10.2 Å². The Labute approximate surface area is 137 Å². The fourth-order valence-electron chi connectivity index (χ4n) is 4.00. The van der Waals surface area contributed by atoms with Crippen molar-refractivity contribution in [1.82, 2.24) is 10.2 Å². The van der Waals surface area contributed by atoms with Crippen molar-refractivity contribution in [2.24, 2.45) is 11.8 Å². The van der Waals surface area contributed by atoms with Gasteiger partial charge in [-0.05, 0) is 38.0 Å². The maximum Gasteiger partial charge on any atom is 0.225 e. The molecule has 3 aliphatic rings. The number of carbonyl (C=O) groups is 2. The van der Waals surface area contributed by atoms with E-state index in [1.807, 2.05) is 0 Å². The average Bonchev–Trinajstić information content (AvgIpc) is 3.04. The lowest BCUT2D eigenvalue weighted by Gasteiger charge is -2.28. The van der Waals surface area contributed by atoms with E-state index in [0.717, 1.165) is 31.6 Å². The Morgan fingerprint density at radius 1 is 1.17 bits per heavy atom. The molecule has 2 heterocycles. The highest BCUT2D eigenvalue weighted by Gasteiger charge is 2.42. The SMILES string of the molecule is CC1CCC(NC(=O)[C@H]2CC(=O)N([C@H]3CCS(=O)(=O)C3)C2)CC1. The Morgan fingerprint density at radius 3 is 2.48 bits per heavy atom. The van der Waals surface area contributed by atoms with Crippen LogP contribution in [0.1, 0.15) is 45.4 Å². The third-order valence-corrected chi connectivity index (χ3v) is 7.29. The van der Waals surface area contributed by atoms with Crippen molar-refractivity contribution >= 4 is 21.7 Å². The fourth-order valence-corrected chi connectivity index (χ4v) is 5.74. The average molecular weight is 342 g/mol. The van der Waals surface area contributed by atoms with E-state index < -0.39 is 9.84 Å². The predicted octanol–water partition coefficient (Wildman–Crippen LogP) is 0.717. The molecule has 0 unspecified atom stereocenters. The zero-order valence-corrected chi connectivity index (χ0v) is 14.5. The largest absolute Gasteiger partial charge is 0.353 e. The minimum Gasteiger partial charge on any atom is -0.353 e. The van der Waals surface area contributed by atoms with Gasteiger partial charge in [-0.25, -0.2) is 8.42 Å². The van der Waals surface area contributed by atoms with Crippen LogP contribution in [0.25, 0.3) is 0 Å². The molecule has 3 rings (SSSR count). The van der Waals surface area contributed by atoms with Gasteiger partial charge in [-0.1, -0.05) is 6.92 Å². The van der Waals surface area contributed by atoms with Crippen LogP contribution in [0.2, 0.25) is 0 Å². The van der Waals surface area contributed by atoms with E-state index in [1.54, 1.807) is 4.90 Å². The molecule has 1 N–H and O–H groups in total. The first-order chi connectivity index (χ1) is 10.8. The van der Waals surface area contributed by atoms with Crippen molar-refractivity contribution in [1.29, 1.82) is 0 Å². The van der Waals surface area contributed by atoms with Crippen LogP contribution in [0.3, 0.4) is 0 Å². The lowest BCUT2D eigenvalue weighted by Crippen LogP contribution is -2.42. The topological polar surface area (TPSA) is 83.6 Å². The van der Waals surface area contributed by atoms with Crippen LogP contribution in [0, 0.1) is 11.8 Å². The molecule has 0 aromatic heterocycles. The zero-order chi connectivity index (χ0) is 16.6. The molecule has 2 atom stereocenters. The Balaban J connectivity index is 1.54. The quantitative estimate of drug-likeness (QED) is 0.819. The predicted molar refractivity (Wildman–Crippen MR) is 86.4 cm³/mol. The Bertz CT molecular complexity index is 581. The van der Waals surface area contributed by atoms with Crippen LogP contribution < -0.4 is 5.32 Å². The van der Waals surface area contributed by atoms with Gasteiger partial charge in [0.1, 0.15) is 0 Å². The number of hydrogen-bond acceptors (Lipinski definition) is 4. The van der Waals surface area contributed by atoms with E-state index in [0.29, 0.717) is 13.0 Å². The second-order valence-electron chi connectivity index (χ2n) is 7.47. The third kappa shape index (κ3) is 3.87. The molecule has 2 amide bonds. The molecule has 0 spiro atoms. The third-order valence-electron chi connectivity index (χ3n) is 5.54. The second kappa shape index (κ2) is 6.42. The van der Waals surface area contributed by atoms with E-state index >= 15 is 0 Å². The molecule has 0 bridgehead atoms. The number of sulfone groups is 1. The number of rotatable bonds is 3. The lowest BCUT2D eigenvalue weighted by atomic mass is 9.87. The van der Waals surface area contributed by atoms with Crippen LogP contribution in [0.5, 0.6) is 0 Å². The van der Waals surface area contributed by atoms with Crippen molar-refractivity contribution in [3.8, 4) is 0 Å². The summed E-state index contributed by atoms with van der Waals surface area (Å²) in [6, 6.07) is -0.00413. The van der Waals surface area contributed by atoms with Crippen LogP contribution in [0.4, 0.5) is 0 Å². The highest BCUT2D eigenvalue weighted by Crippen LogP contribution is 2.27. The monoisotopic (exact) mass is 342 g/mol. The van der Waals surface area contributed by atoms with Gasteiger partial charge in [-0.3, -0.25) is 9.59 Å². The van der Waals surface area contributed by atoms with Gasteiger partial charge in [0.2, 0.25) is 11.8 Å². The summed E-state index contributed by atoms with van der Waals surface area (Å²) in [7, 11) is -3.02. The molecular weight excluding hydrogens is 316 g/mol. The summed E-state index contributed by atoms with van der Waals surface area (Å²) >= 11 is 0. The fraction of sp³-hybridized carbons (Fsp3) is 0.875. The molecule has 3 fully saturated rings. The van der Waals surface area contributed by atoms with Crippen LogP contribution in [-0.2, 0) is 19.4 Å². The van der Waals surface area contributed by atoms with Crippen LogP contribution in [0.15, 0.2) is 0 Å². The van der Waals surface area contributed by atoms with Gasteiger partial charge in [-0.15, -0.1) is 0 Å². The smallest absolute Gasteiger partial charge is 0.225 e. The maximum atomic E-state index is 12.4. The first kappa shape index (κ1) is 16.7. The molecule has 1 aliphatic carbocycles. The summed E-state index contributed by atoms with van der Waals surface area (Å²) in [5.74, 6) is 0.485. The molecule has 7 heteroatoms. The van der Waals surface area contributed by atoms with Crippen molar-refractivity contribution in [3.05, 3.63) is 0 Å². The van der Waals surface area contributed by atoms with Crippen LogP contribution >= 0.6 is 0 Å². The first-order valence-corrected chi connectivity index (χ1v) is 10.5. The van der Waals surface area contributed by atoms with E-state index in [2.05, 4.69) is 12.2 Å². The van der Waals surface area contributed by atoms with Gasteiger partial charge in [-0.2, -0.15) is 0 Å². The molecule has 2 saturated heterocycles. The molecule has 130 valence electrons. The van der Waals surface area contributed by atoms with Gasteiger partial charge in [0.05, 0.1) is 17.4 Å². The molecular formula is C16H26N2O4S. The molecule has 0 radical (unpaired) electrons. The number of hydrogen-bond donors (Lipinski definition) is 1. The number of amides is 2. The first-order valence-electron chi connectivity index (χ1n) is 8.64. The molecule has 1 saturated carbocycles. The molecule has 0 aromatic rings. The summed E-state index contributed by atoms with van der Waals surface area (Å²) in [5, 5.41) is 3.09. The number of carbonyl (C=O) groups excluding carboxylic acids is 2. The van der Waals surface area contributed by atoms with Gasteiger partial charge in [0, 0.05) is 25.0 Å².